The molecule has 0 saturated carbocycles. The molecule has 92 valence electrons. The fraction of sp³-hybridized carbons (Fsp3) is 0.692. The van der Waals surface area contributed by atoms with Gasteiger partial charge in [0.1, 0.15) is 0 Å². The van der Waals surface area contributed by atoms with Crippen LogP contribution in [0, 0.1) is 5.92 Å². The normalized spacial score (nSPS) is 13.3. The van der Waals surface area contributed by atoms with Crippen molar-refractivity contribution in [2.45, 2.75) is 46.3 Å². The van der Waals surface area contributed by atoms with Crippen LogP contribution in [-0.4, -0.2) is 22.3 Å². The van der Waals surface area contributed by atoms with E-state index < -0.39 is 0 Å². The molecule has 0 fully saturated rings. The first-order valence-corrected chi connectivity index (χ1v) is 6.11. The highest BCUT2D eigenvalue weighted by Crippen LogP contribution is 2.07. The third-order valence-corrected chi connectivity index (χ3v) is 2.78. The Morgan fingerprint density at radius 1 is 1.38 bits per heavy atom. The highest BCUT2D eigenvalue weighted by atomic mass is 16.3. The van der Waals surface area contributed by atoms with Crippen molar-refractivity contribution in [3.63, 3.8) is 0 Å². The summed E-state index contributed by atoms with van der Waals surface area (Å²) < 4.78 is 2.29. The molecule has 0 spiro atoms. The molecule has 0 bridgehead atoms. The number of aliphatic hydroxyl groups is 1. The second kappa shape index (κ2) is 6.71. The number of hydrogen-bond acceptors (Lipinski definition) is 2. The van der Waals surface area contributed by atoms with Crippen molar-refractivity contribution in [3.8, 4) is 0 Å². The van der Waals surface area contributed by atoms with Crippen LogP contribution in [0.5, 0.6) is 0 Å². The van der Waals surface area contributed by atoms with E-state index in [4.69, 9.17) is 5.11 Å². The lowest BCUT2D eigenvalue weighted by Crippen LogP contribution is -2.29. The molecule has 1 atom stereocenters. The minimum absolute atomic E-state index is 0.161. The molecule has 1 heterocycles. The van der Waals surface area contributed by atoms with Gasteiger partial charge in [-0.1, -0.05) is 13.8 Å². The Bertz CT molecular complexity index is 294. The largest absolute Gasteiger partial charge is 0.395 e. The molecule has 0 aromatic carbocycles. The number of aromatic nitrogens is 1. The molecule has 3 heteroatoms. The number of hydrogen-bond donors (Lipinski definition) is 2. The van der Waals surface area contributed by atoms with Crippen LogP contribution in [0.25, 0.3) is 0 Å². The van der Waals surface area contributed by atoms with E-state index >= 15 is 0 Å². The summed E-state index contributed by atoms with van der Waals surface area (Å²) in [6, 6.07) is 4.38. The summed E-state index contributed by atoms with van der Waals surface area (Å²) in [5.41, 5.74) is 1.29. The van der Waals surface area contributed by atoms with Crippen LogP contribution < -0.4 is 5.32 Å². The molecule has 1 aromatic rings. The summed E-state index contributed by atoms with van der Waals surface area (Å²) in [5, 5.41) is 12.2. The first-order chi connectivity index (χ1) is 7.63. The summed E-state index contributed by atoms with van der Waals surface area (Å²) in [4.78, 5) is 0. The first kappa shape index (κ1) is 13.3. The molecule has 3 nitrogen and oxygen atoms in total. The number of aryl methyl sites for hydroxylation is 1. The van der Waals surface area contributed by atoms with Gasteiger partial charge in [0.2, 0.25) is 0 Å². The van der Waals surface area contributed by atoms with Crippen molar-refractivity contribution in [3.05, 3.63) is 24.0 Å². The van der Waals surface area contributed by atoms with Crippen LogP contribution >= 0.6 is 0 Å². The van der Waals surface area contributed by atoms with Crippen LogP contribution in [-0.2, 0) is 13.1 Å². The van der Waals surface area contributed by atoms with Crippen LogP contribution in [0.15, 0.2) is 18.3 Å². The van der Waals surface area contributed by atoms with E-state index in [-0.39, 0.29) is 12.6 Å². The molecular weight excluding hydrogens is 200 g/mol. The number of nitrogens with zero attached hydrogens (tertiary/aromatic N) is 1. The fourth-order valence-electron chi connectivity index (χ4n) is 1.57. The van der Waals surface area contributed by atoms with Crippen LogP contribution in [0.4, 0.5) is 0 Å². The quantitative estimate of drug-likeness (QED) is 0.743. The van der Waals surface area contributed by atoms with Gasteiger partial charge in [0.15, 0.2) is 0 Å². The average Bonchev–Trinajstić information content (AvgIpc) is 2.70. The Morgan fingerprint density at radius 2 is 2.12 bits per heavy atom. The fourth-order valence-corrected chi connectivity index (χ4v) is 1.57. The predicted molar refractivity (Wildman–Crippen MR) is 67.3 cm³/mol. The van der Waals surface area contributed by atoms with Gasteiger partial charge in [0.05, 0.1) is 6.61 Å². The van der Waals surface area contributed by atoms with Crippen LogP contribution in [0.3, 0.4) is 0 Å². The zero-order valence-electron chi connectivity index (χ0n) is 10.6. The zero-order chi connectivity index (χ0) is 12.0. The third kappa shape index (κ3) is 4.37. The van der Waals surface area contributed by atoms with E-state index in [0.717, 1.165) is 19.0 Å². The molecule has 1 aromatic heterocycles. The van der Waals surface area contributed by atoms with Gasteiger partial charge >= 0.3 is 0 Å². The lowest BCUT2D eigenvalue weighted by Gasteiger charge is -2.14. The molecule has 0 unspecified atom stereocenters. The zero-order valence-corrected chi connectivity index (χ0v) is 10.6. The van der Waals surface area contributed by atoms with Crippen molar-refractivity contribution in [1.82, 2.24) is 9.88 Å². The Labute approximate surface area is 98.5 Å². The summed E-state index contributed by atoms with van der Waals surface area (Å²) in [7, 11) is 0. The summed E-state index contributed by atoms with van der Waals surface area (Å²) >= 11 is 0. The average molecular weight is 224 g/mol. The lowest BCUT2D eigenvalue weighted by atomic mass is 10.1. The second-order valence-electron chi connectivity index (χ2n) is 4.84. The predicted octanol–water partition coefficient (Wildman–Crippen LogP) is 2.00. The SMILES string of the molecule is CC(C)CCn1cccc1CN[C@H](C)CO. The summed E-state index contributed by atoms with van der Waals surface area (Å²) in [6.07, 6.45) is 3.33. The topological polar surface area (TPSA) is 37.2 Å². The molecular formula is C13H24N2O. The maximum Gasteiger partial charge on any atom is 0.0582 e. The van der Waals surface area contributed by atoms with Gasteiger partial charge < -0.3 is 15.0 Å². The Kier molecular flexibility index (Phi) is 5.56. The van der Waals surface area contributed by atoms with Crippen molar-refractivity contribution < 1.29 is 5.11 Å². The van der Waals surface area contributed by atoms with E-state index in [2.05, 4.69) is 42.1 Å². The van der Waals surface area contributed by atoms with Crippen LogP contribution in [0.1, 0.15) is 32.9 Å². The van der Waals surface area contributed by atoms with E-state index in [0.29, 0.717) is 0 Å². The van der Waals surface area contributed by atoms with E-state index in [9.17, 15) is 0 Å². The smallest absolute Gasteiger partial charge is 0.0582 e. The molecule has 0 saturated heterocycles. The highest BCUT2D eigenvalue weighted by Gasteiger charge is 2.04. The van der Waals surface area contributed by atoms with Crippen molar-refractivity contribution >= 4 is 0 Å². The van der Waals surface area contributed by atoms with E-state index in [1.807, 2.05) is 6.92 Å². The van der Waals surface area contributed by atoms with Crippen molar-refractivity contribution in [2.24, 2.45) is 5.92 Å². The number of rotatable bonds is 7. The van der Waals surface area contributed by atoms with Crippen LogP contribution in [0.2, 0.25) is 0 Å². The Hall–Kier alpha value is -0.800. The van der Waals surface area contributed by atoms with Gasteiger partial charge in [-0.05, 0) is 31.4 Å². The van der Waals surface area contributed by atoms with Gasteiger partial charge in [-0.25, -0.2) is 0 Å². The van der Waals surface area contributed by atoms with Crippen molar-refractivity contribution in [1.29, 1.82) is 0 Å². The molecule has 0 aliphatic rings. The minimum atomic E-state index is 0.161. The molecule has 2 N–H and O–H groups in total. The molecule has 0 radical (unpaired) electrons. The van der Waals surface area contributed by atoms with E-state index in [1.54, 1.807) is 0 Å². The summed E-state index contributed by atoms with van der Waals surface area (Å²) in [6.45, 7) is 8.57. The van der Waals surface area contributed by atoms with E-state index in [1.165, 1.54) is 12.1 Å². The monoisotopic (exact) mass is 224 g/mol. The van der Waals surface area contributed by atoms with Gasteiger partial charge in [-0.15, -0.1) is 0 Å². The van der Waals surface area contributed by atoms with Gasteiger partial charge in [0, 0.05) is 31.0 Å². The maximum atomic E-state index is 8.94. The lowest BCUT2D eigenvalue weighted by molar-refractivity contribution is 0.250. The maximum absolute atomic E-state index is 8.94. The third-order valence-electron chi connectivity index (χ3n) is 2.78. The number of aliphatic hydroxyl groups excluding tert-OH is 1. The molecule has 1 rings (SSSR count). The molecule has 0 aliphatic heterocycles. The first-order valence-electron chi connectivity index (χ1n) is 6.11. The molecule has 0 amide bonds. The molecule has 0 aliphatic carbocycles. The summed E-state index contributed by atoms with van der Waals surface area (Å²) in [5.74, 6) is 0.736. The van der Waals surface area contributed by atoms with Gasteiger partial charge in [-0.2, -0.15) is 0 Å². The van der Waals surface area contributed by atoms with Gasteiger partial charge in [-0.3, -0.25) is 0 Å². The Morgan fingerprint density at radius 3 is 2.75 bits per heavy atom. The highest BCUT2D eigenvalue weighted by molar-refractivity contribution is 5.07. The van der Waals surface area contributed by atoms with Gasteiger partial charge in [0.25, 0.3) is 0 Å². The molecule has 16 heavy (non-hydrogen) atoms. The minimum Gasteiger partial charge on any atom is -0.395 e. The second-order valence-corrected chi connectivity index (χ2v) is 4.84. The van der Waals surface area contributed by atoms with Crippen molar-refractivity contribution in [2.75, 3.05) is 6.61 Å². The standard InChI is InChI=1S/C13H24N2O/c1-11(2)6-8-15-7-4-5-13(15)9-14-12(3)10-16/h4-5,7,11-12,14,16H,6,8-10H2,1-3H3/t12-/m1/s1. The Balaban J connectivity index is 2.43. The number of nitrogens with one attached hydrogen (secondary N) is 1.